The molecule has 3 fully saturated rings. The van der Waals surface area contributed by atoms with Gasteiger partial charge in [-0.1, -0.05) is 18.9 Å². The number of carbonyl (C=O) groups is 1. The predicted molar refractivity (Wildman–Crippen MR) is 91.8 cm³/mol. The average Bonchev–Trinajstić information content (AvgIpc) is 3.31. The van der Waals surface area contributed by atoms with Gasteiger partial charge < -0.3 is 15.4 Å². The first kappa shape index (κ1) is 15.6. The van der Waals surface area contributed by atoms with Crippen LogP contribution in [0.5, 0.6) is 0 Å². The molecule has 1 aromatic rings. The Hall–Kier alpha value is -0.910. The summed E-state index contributed by atoms with van der Waals surface area (Å²) in [6, 6.07) is 4.43. The van der Waals surface area contributed by atoms with E-state index in [2.05, 4.69) is 10.6 Å². The minimum Gasteiger partial charge on any atom is -0.377 e. The smallest absolute Gasteiger partial charge is 0.261 e. The second-order valence-corrected chi connectivity index (χ2v) is 8.15. The molecule has 2 N–H and O–H groups in total. The van der Waals surface area contributed by atoms with Crippen LogP contribution in [0.15, 0.2) is 17.5 Å². The van der Waals surface area contributed by atoms with Gasteiger partial charge in [-0.15, -0.1) is 11.3 Å². The number of ether oxygens (including phenoxy) is 1. The van der Waals surface area contributed by atoms with Gasteiger partial charge in [-0.2, -0.15) is 0 Å². The van der Waals surface area contributed by atoms with Crippen molar-refractivity contribution in [1.29, 1.82) is 0 Å². The quantitative estimate of drug-likeness (QED) is 0.787. The van der Waals surface area contributed by atoms with Crippen molar-refractivity contribution in [3.05, 3.63) is 22.4 Å². The van der Waals surface area contributed by atoms with Crippen LogP contribution in [-0.4, -0.2) is 37.7 Å². The lowest BCUT2D eigenvalue weighted by Crippen LogP contribution is -2.67. The molecule has 3 atom stereocenters. The Balaban J connectivity index is 1.21. The fraction of sp³-hybridized carbons (Fsp3) is 0.722. The Morgan fingerprint density at radius 1 is 1.35 bits per heavy atom. The lowest BCUT2D eigenvalue weighted by molar-refractivity contribution is -0.130. The molecule has 1 spiro atoms. The van der Waals surface area contributed by atoms with E-state index in [9.17, 15) is 4.79 Å². The number of hydrogen-bond donors (Lipinski definition) is 2. The van der Waals surface area contributed by atoms with Gasteiger partial charge in [0.2, 0.25) is 0 Å². The second-order valence-electron chi connectivity index (χ2n) is 7.20. The highest BCUT2D eigenvalue weighted by molar-refractivity contribution is 7.12. The van der Waals surface area contributed by atoms with E-state index in [-0.39, 0.29) is 5.91 Å². The van der Waals surface area contributed by atoms with Crippen LogP contribution >= 0.6 is 11.3 Å². The van der Waals surface area contributed by atoms with Crippen molar-refractivity contribution in [2.24, 2.45) is 11.3 Å². The molecule has 0 radical (unpaired) electrons. The third-order valence-electron chi connectivity index (χ3n) is 6.03. The lowest BCUT2D eigenvalue weighted by Gasteiger charge is -2.57. The first-order valence-electron chi connectivity index (χ1n) is 8.98. The highest BCUT2D eigenvalue weighted by Crippen LogP contribution is 2.60. The van der Waals surface area contributed by atoms with Crippen LogP contribution < -0.4 is 10.6 Å². The largest absolute Gasteiger partial charge is 0.377 e. The summed E-state index contributed by atoms with van der Waals surface area (Å²) in [6.45, 7) is 2.68. The van der Waals surface area contributed by atoms with E-state index < -0.39 is 0 Å². The summed E-state index contributed by atoms with van der Waals surface area (Å²) < 4.78 is 6.02. The molecule has 2 saturated carbocycles. The molecule has 3 aliphatic rings. The third-order valence-corrected chi connectivity index (χ3v) is 6.90. The van der Waals surface area contributed by atoms with E-state index in [0.717, 1.165) is 36.9 Å². The summed E-state index contributed by atoms with van der Waals surface area (Å²) in [6.07, 6.45) is 8.13. The summed E-state index contributed by atoms with van der Waals surface area (Å²) >= 11 is 1.49. The maximum absolute atomic E-state index is 11.9. The van der Waals surface area contributed by atoms with E-state index in [1.807, 2.05) is 17.5 Å². The van der Waals surface area contributed by atoms with E-state index in [1.165, 1.54) is 43.4 Å². The number of nitrogens with one attached hydrogen (secondary N) is 2. The van der Waals surface area contributed by atoms with Crippen molar-refractivity contribution < 1.29 is 9.53 Å². The van der Waals surface area contributed by atoms with Gasteiger partial charge >= 0.3 is 0 Å². The number of thiophene rings is 1. The fourth-order valence-electron chi connectivity index (χ4n) is 5.05. The fourth-order valence-corrected chi connectivity index (χ4v) is 5.69. The van der Waals surface area contributed by atoms with Gasteiger partial charge in [0, 0.05) is 30.5 Å². The molecule has 1 aromatic heterocycles. The van der Waals surface area contributed by atoms with Gasteiger partial charge in [-0.05, 0) is 43.7 Å². The van der Waals surface area contributed by atoms with Gasteiger partial charge in [0.15, 0.2) is 0 Å². The molecule has 4 nitrogen and oxygen atoms in total. The Morgan fingerprint density at radius 2 is 2.22 bits per heavy atom. The first-order valence-corrected chi connectivity index (χ1v) is 9.86. The molecule has 4 rings (SSSR count). The molecule has 1 aliphatic heterocycles. The first-order chi connectivity index (χ1) is 11.3. The van der Waals surface area contributed by atoms with Gasteiger partial charge in [0.05, 0.1) is 11.0 Å². The van der Waals surface area contributed by atoms with Crippen LogP contribution in [0.2, 0.25) is 0 Å². The van der Waals surface area contributed by atoms with Crippen LogP contribution in [0.4, 0.5) is 0 Å². The number of rotatable bonds is 6. The van der Waals surface area contributed by atoms with E-state index in [0.29, 0.717) is 17.6 Å². The number of carbonyl (C=O) groups excluding carboxylic acids is 1. The Labute approximate surface area is 142 Å². The molecule has 1 saturated heterocycles. The Morgan fingerprint density at radius 3 is 3.00 bits per heavy atom. The maximum Gasteiger partial charge on any atom is 0.261 e. The van der Waals surface area contributed by atoms with Crippen molar-refractivity contribution in [3.63, 3.8) is 0 Å². The van der Waals surface area contributed by atoms with Crippen LogP contribution in [0, 0.1) is 11.3 Å². The minimum atomic E-state index is 0.0557. The third kappa shape index (κ3) is 2.73. The monoisotopic (exact) mass is 334 g/mol. The van der Waals surface area contributed by atoms with E-state index in [1.54, 1.807) is 0 Å². The molecule has 23 heavy (non-hydrogen) atoms. The lowest BCUT2D eigenvalue weighted by atomic mass is 9.54. The topological polar surface area (TPSA) is 50.4 Å². The number of hydrogen-bond acceptors (Lipinski definition) is 4. The molecule has 1 unspecified atom stereocenters. The Kier molecular flexibility index (Phi) is 4.43. The molecule has 126 valence electrons. The van der Waals surface area contributed by atoms with Crippen molar-refractivity contribution in [2.45, 2.75) is 50.7 Å². The normalized spacial score (nSPS) is 31.0. The molecular weight excluding hydrogens is 308 g/mol. The van der Waals surface area contributed by atoms with Gasteiger partial charge in [-0.3, -0.25) is 4.79 Å². The molecular formula is C18H26N2O2S. The zero-order valence-electron chi connectivity index (χ0n) is 13.6. The highest BCUT2D eigenvalue weighted by Gasteiger charge is 2.64. The summed E-state index contributed by atoms with van der Waals surface area (Å²) in [4.78, 5) is 12.7. The van der Waals surface area contributed by atoms with E-state index >= 15 is 0 Å². The van der Waals surface area contributed by atoms with Crippen molar-refractivity contribution in [2.75, 3.05) is 19.7 Å². The minimum absolute atomic E-state index is 0.0557. The van der Waals surface area contributed by atoms with Crippen LogP contribution in [0.1, 0.15) is 48.2 Å². The highest BCUT2D eigenvalue weighted by atomic mass is 32.1. The molecule has 5 heteroatoms. The van der Waals surface area contributed by atoms with Gasteiger partial charge in [0.25, 0.3) is 5.91 Å². The predicted octanol–water partition coefficient (Wildman–Crippen LogP) is 2.81. The SMILES string of the molecule is O=C(NCCCNC1[C@@H]2CCO[C@@H]2C12CCCC2)c1cccs1. The Bertz CT molecular complexity index is 539. The average molecular weight is 334 g/mol. The molecule has 1 amide bonds. The van der Waals surface area contributed by atoms with Crippen molar-refractivity contribution >= 4 is 17.2 Å². The zero-order chi connectivity index (χ0) is 15.7. The summed E-state index contributed by atoms with van der Waals surface area (Å²) in [5, 5.41) is 8.75. The zero-order valence-corrected chi connectivity index (χ0v) is 14.4. The molecule has 2 aliphatic carbocycles. The summed E-state index contributed by atoms with van der Waals surface area (Å²) in [7, 11) is 0. The number of amides is 1. The van der Waals surface area contributed by atoms with Crippen LogP contribution in [0.3, 0.4) is 0 Å². The molecule has 2 heterocycles. The standard InChI is InChI=1S/C18H26N2O2S/c21-17(14-5-3-12-23-14)20-10-4-9-19-15-13-6-11-22-16(13)18(15)7-1-2-8-18/h3,5,12-13,15-16,19H,1-2,4,6-11H2,(H,20,21)/t13-,15?,16-/m0/s1. The van der Waals surface area contributed by atoms with Gasteiger partial charge in [-0.25, -0.2) is 0 Å². The summed E-state index contributed by atoms with van der Waals surface area (Å²) in [5.41, 5.74) is 0.432. The number of fused-ring (bicyclic) bond motifs is 2. The molecule has 0 aromatic carbocycles. The van der Waals surface area contributed by atoms with Crippen LogP contribution in [-0.2, 0) is 4.74 Å². The summed E-state index contributed by atoms with van der Waals surface area (Å²) in [5.74, 6) is 0.786. The van der Waals surface area contributed by atoms with E-state index in [4.69, 9.17) is 4.74 Å². The maximum atomic E-state index is 11.9. The van der Waals surface area contributed by atoms with Crippen LogP contribution in [0.25, 0.3) is 0 Å². The van der Waals surface area contributed by atoms with Gasteiger partial charge in [0.1, 0.15) is 0 Å². The molecule has 0 bridgehead atoms. The van der Waals surface area contributed by atoms with Crippen molar-refractivity contribution in [1.82, 2.24) is 10.6 Å². The second kappa shape index (κ2) is 6.54. The van der Waals surface area contributed by atoms with Crippen molar-refractivity contribution in [3.8, 4) is 0 Å².